The third kappa shape index (κ3) is 5.52. The first-order chi connectivity index (χ1) is 27.7. The van der Waals surface area contributed by atoms with E-state index in [1.165, 1.54) is 11.1 Å². The molecule has 0 aliphatic carbocycles. The van der Waals surface area contributed by atoms with Crippen LogP contribution in [0.4, 0.5) is 0 Å². The fourth-order valence-corrected chi connectivity index (χ4v) is 8.04. The Morgan fingerprint density at radius 3 is 1.61 bits per heavy atom. The summed E-state index contributed by atoms with van der Waals surface area (Å²) in [7, 11) is 0. The molecule has 0 fully saturated rings. The van der Waals surface area contributed by atoms with E-state index in [2.05, 4.69) is 158 Å². The van der Waals surface area contributed by atoms with Gasteiger partial charge in [-0.15, -0.1) is 0 Å². The van der Waals surface area contributed by atoms with Gasteiger partial charge in [-0.1, -0.05) is 158 Å². The average molecular weight is 717 g/mol. The summed E-state index contributed by atoms with van der Waals surface area (Å²) in [5, 5.41) is 11.7. The zero-order chi connectivity index (χ0) is 37.5. The fraction of sp³-hybridized carbons (Fsp3) is 0.0196. The first kappa shape index (κ1) is 32.9. The lowest BCUT2D eigenvalue weighted by molar-refractivity contribution is 0.436. The number of benzene rings is 8. The van der Waals surface area contributed by atoms with Gasteiger partial charge in [-0.25, -0.2) is 15.0 Å². The Labute approximate surface area is 324 Å². The van der Waals surface area contributed by atoms with Crippen molar-refractivity contribution < 1.29 is 4.74 Å². The van der Waals surface area contributed by atoms with Crippen LogP contribution in [0.15, 0.2) is 194 Å². The van der Waals surface area contributed by atoms with Crippen molar-refractivity contribution in [3.63, 3.8) is 0 Å². The molecule has 56 heavy (non-hydrogen) atoms. The summed E-state index contributed by atoms with van der Waals surface area (Å²) in [4.78, 5) is 14.9. The fourth-order valence-electron chi connectivity index (χ4n) is 8.04. The van der Waals surface area contributed by atoms with Crippen LogP contribution in [0.25, 0.3) is 56.1 Å². The highest BCUT2D eigenvalue weighted by molar-refractivity contribution is 5.87. The Morgan fingerprint density at radius 2 is 0.946 bits per heavy atom. The second kappa shape index (κ2) is 13.6. The van der Waals surface area contributed by atoms with Gasteiger partial charge in [-0.05, 0) is 63.9 Å². The van der Waals surface area contributed by atoms with Gasteiger partial charge in [-0.3, -0.25) is 0 Å². The lowest BCUT2D eigenvalue weighted by Crippen LogP contribution is -2.34. The molecule has 1 aliphatic rings. The standard InChI is InChI=1S/C51H32N4O/c52-33-34-22-24-37(25-23-34)48-53-49(55-50(54-48)40-31-26-35-12-7-8-13-39(35)32-40)38-29-27-36(28-30-38)43-18-11-20-45-47(43)56-46-21-10-9-19-44(46)51(45,41-14-3-1-4-15-41)42-16-5-2-6-17-42/h1-32H. The smallest absolute Gasteiger partial charge is 0.164 e. The molecule has 10 rings (SSSR count). The highest BCUT2D eigenvalue weighted by Crippen LogP contribution is 2.57. The number of nitrogens with zero attached hydrogens (tertiary/aromatic N) is 4. The highest BCUT2D eigenvalue weighted by Gasteiger charge is 2.45. The Kier molecular flexibility index (Phi) is 8.01. The van der Waals surface area contributed by atoms with Gasteiger partial charge in [0, 0.05) is 33.4 Å². The van der Waals surface area contributed by atoms with Crippen molar-refractivity contribution in [1.82, 2.24) is 15.0 Å². The SMILES string of the molecule is N#Cc1ccc(-c2nc(-c3ccc(-c4cccc5c4Oc4ccccc4C5(c4ccccc4)c4ccccc4)cc3)nc(-c3ccc4ccccc4c3)n2)cc1. The summed E-state index contributed by atoms with van der Waals surface area (Å²) in [5.74, 6) is 3.33. The minimum Gasteiger partial charge on any atom is -0.456 e. The summed E-state index contributed by atoms with van der Waals surface area (Å²) in [6, 6.07) is 68.7. The summed E-state index contributed by atoms with van der Waals surface area (Å²) in [6.45, 7) is 0. The first-order valence-corrected chi connectivity index (χ1v) is 18.6. The van der Waals surface area contributed by atoms with Crippen LogP contribution >= 0.6 is 0 Å². The van der Waals surface area contributed by atoms with Gasteiger partial charge in [0.25, 0.3) is 0 Å². The van der Waals surface area contributed by atoms with Crippen molar-refractivity contribution in [2.45, 2.75) is 5.41 Å². The first-order valence-electron chi connectivity index (χ1n) is 18.6. The number of fused-ring (bicyclic) bond motifs is 3. The molecular formula is C51H32N4O. The van der Waals surface area contributed by atoms with Crippen molar-refractivity contribution in [2.75, 3.05) is 0 Å². The van der Waals surface area contributed by atoms with Gasteiger partial charge >= 0.3 is 0 Å². The minimum absolute atomic E-state index is 0.536. The monoisotopic (exact) mass is 716 g/mol. The molecule has 9 aromatic rings. The molecule has 8 aromatic carbocycles. The quantitative estimate of drug-likeness (QED) is 0.171. The van der Waals surface area contributed by atoms with Crippen LogP contribution in [0, 0.1) is 11.3 Å². The van der Waals surface area contributed by atoms with Gasteiger partial charge in [0.15, 0.2) is 17.5 Å². The van der Waals surface area contributed by atoms with E-state index in [0.29, 0.717) is 23.0 Å². The summed E-state index contributed by atoms with van der Waals surface area (Å²) in [5.41, 5.74) is 9.06. The second-order valence-corrected chi connectivity index (χ2v) is 13.9. The zero-order valence-corrected chi connectivity index (χ0v) is 30.2. The van der Waals surface area contributed by atoms with Gasteiger partial charge < -0.3 is 4.74 Å². The Balaban J connectivity index is 1.11. The van der Waals surface area contributed by atoms with Gasteiger partial charge in [0.2, 0.25) is 0 Å². The van der Waals surface area contributed by atoms with Crippen LogP contribution < -0.4 is 4.74 Å². The molecule has 0 atom stereocenters. The Morgan fingerprint density at radius 1 is 0.429 bits per heavy atom. The maximum atomic E-state index is 9.42. The van der Waals surface area contributed by atoms with Crippen molar-refractivity contribution >= 4 is 10.8 Å². The molecule has 0 amide bonds. The normalized spacial score (nSPS) is 12.6. The summed E-state index contributed by atoms with van der Waals surface area (Å²) < 4.78 is 6.90. The highest BCUT2D eigenvalue weighted by atomic mass is 16.5. The van der Waals surface area contributed by atoms with Crippen LogP contribution in [0.2, 0.25) is 0 Å². The van der Waals surface area contributed by atoms with Crippen LogP contribution in [-0.2, 0) is 5.41 Å². The lowest BCUT2D eigenvalue weighted by atomic mass is 9.63. The number of hydrogen-bond acceptors (Lipinski definition) is 5. The molecule has 0 saturated carbocycles. The van der Waals surface area contributed by atoms with Gasteiger partial charge in [0.05, 0.1) is 17.0 Å². The van der Waals surface area contributed by atoms with E-state index in [1.807, 2.05) is 30.3 Å². The molecule has 0 bridgehead atoms. The van der Waals surface area contributed by atoms with E-state index in [1.54, 1.807) is 12.1 Å². The van der Waals surface area contributed by atoms with Crippen LogP contribution in [-0.4, -0.2) is 15.0 Å². The van der Waals surface area contributed by atoms with Gasteiger partial charge in [0.1, 0.15) is 11.5 Å². The van der Waals surface area contributed by atoms with E-state index in [9.17, 15) is 5.26 Å². The largest absolute Gasteiger partial charge is 0.456 e. The molecular weight excluding hydrogens is 685 g/mol. The topological polar surface area (TPSA) is 71.7 Å². The predicted octanol–water partition coefficient (Wildman–Crippen LogP) is 12.1. The van der Waals surface area contributed by atoms with Crippen LogP contribution in [0.5, 0.6) is 11.5 Å². The average Bonchev–Trinajstić information content (AvgIpc) is 3.28. The molecule has 5 heteroatoms. The van der Waals surface area contributed by atoms with Crippen molar-refractivity contribution in [1.29, 1.82) is 5.26 Å². The van der Waals surface area contributed by atoms with Crippen molar-refractivity contribution in [3.05, 3.63) is 222 Å². The second-order valence-electron chi connectivity index (χ2n) is 13.9. The number of ether oxygens (including phenoxy) is 1. The Hall–Kier alpha value is -7.68. The number of hydrogen-bond donors (Lipinski definition) is 0. The number of rotatable bonds is 6. The van der Waals surface area contributed by atoms with E-state index in [-0.39, 0.29) is 0 Å². The third-order valence-corrected chi connectivity index (χ3v) is 10.7. The molecule has 0 N–H and O–H groups in total. The predicted molar refractivity (Wildman–Crippen MR) is 222 cm³/mol. The number of nitriles is 1. The van der Waals surface area contributed by atoms with Crippen molar-refractivity contribution in [3.8, 4) is 62.9 Å². The summed E-state index contributed by atoms with van der Waals surface area (Å²) in [6.07, 6.45) is 0. The molecule has 1 aromatic heterocycles. The summed E-state index contributed by atoms with van der Waals surface area (Å²) >= 11 is 0. The maximum Gasteiger partial charge on any atom is 0.164 e. The number of para-hydroxylation sites is 2. The van der Waals surface area contributed by atoms with E-state index >= 15 is 0 Å². The molecule has 2 heterocycles. The molecule has 0 spiro atoms. The minimum atomic E-state index is -0.603. The molecule has 0 saturated heterocycles. The maximum absolute atomic E-state index is 9.42. The molecule has 5 nitrogen and oxygen atoms in total. The van der Waals surface area contributed by atoms with Crippen LogP contribution in [0.3, 0.4) is 0 Å². The molecule has 0 radical (unpaired) electrons. The zero-order valence-electron chi connectivity index (χ0n) is 30.2. The molecule has 0 unspecified atom stereocenters. The van der Waals surface area contributed by atoms with E-state index in [0.717, 1.165) is 61.2 Å². The van der Waals surface area contributed by atoms with Crippen molar-refractivity contribution in [2.24, 2.45) is 0 Å². The number of aromatic nitrogens is 3. The molecule has 1 aliphatic heterocycles. The lowest BCUT2D eigenvalue weighted by Gasteiger charge is -2.42. The third-order valence-electron chi connectivity index (χ3n) is 10.7. The van der Waals surface area contributed by atoms with E-state index in [4.69, 9.17) is 19.7 Å². The van der Waals surface area contributed by atoms with E-state index < -0.39 is 5.41 Å². The molecule has 262 valence electrons. The van der Waals surface area contributed by atoms with Gasteiger partial charge in [-0.2, -0.15) is 5.26 Å². The Bertz CT molecular complexity index is 2900. The van der Waals surface area contributed by atoms with Crippen LogP contribution in [0.1, 0.15) is 27.8 Å².